The Morgan fingerprint density at radius 2 is 2.12 bits per heavy atom. The molecule has 1 saturated heterocycles. The molecule has 1 fully saturated rings. The fourth-order valence-electron chi connectivity index (χ4n) is 3.30. The van der Waals surface area contributed by atoms with E-state index in [0.29, 0.717) is 18.5 Å². The number of aliphatic imine (C=N–C) groups is 1. The first-order chi connectivity index (χ1) is 11.6. The number of nitrogens with zero attached hydrogens (tertiary/aromatic N) is 2. The molecule has 2 N–H and O–H groups in total. The Morgan fingerprint density at radius 3 is 2.83 bits per heavy atom. The minimum Gasteiger partial charge on any atom is -0.496 e. The van der Waals surface area contributed by atoms with E-state index in [2.05, 4.69) is 40.4 Å². The van der Waals surface area contributed by atoms with E-state index in [1.165, 1.54) is 25.9 Å². The maximum atomic E-state index is 5.40. The molecular weight excluding hydrogens is 300 g/mol. The Bertz CT molecular complexity index is 530. The van der Waals surface area contributed by atoms with Crippen molar-refractivity contribution in [1.82, 2.24) is 15.5 Å². The molecule has 1 aliphatic heterocycles. The summed E-state index contributed by atoms with van der Waals surface area (Å²) in [5.41, 5.74) is 1.13. The first-order valence-corrected chi connectivity index (χ1v) is 8.94. The molecule has 1 aromatic carbocycles. The van der Waals surface area contributed by atoms with Crippen LogP contribution >= 0.6 is 0 Å². The molecule has 0 aromatic heterocycles. The highest BCUT2D eigenvalue weighted by molar-refractivity contribution is 5.79. The number of para-hydroxylation sites is 1. The molecule has 5 heteroatoms. The van der Waals surface area contributed by atoms with Crippen molar-refractivity contribution in [2.75, 3.05) is 33.8 Å². The summed E-state index contributed by atoms with van der Waals surface area (Å²) in [5, 5.41) is 6.86. The Labute approximate surface area is 146 Å². The van der Waals surface area contributed by atoms with Gasteiger partial charge in [0.1, 0.15) is 5.75 Å². The molecule has 0 amide bonds. The molecule has 134 valence electrons. The molecular formula is C19H32N4O. The van der Waals surface area contributed by atoms with E-state index in [1.807, 2.05) is 25.2 Å². The molecule has 1 atom stereocenters. The number of rotatable bonds is 7. The highest BCUT2D eigenvalue weighted by atomic mass is 16.5. The molecule has 0 aliphatic carbocycles. The van der Waals surface area contributed by atoms with Crippen molar-refractivity contribution in [3.63, 3.8) is 0 Å². The number of benzene rings is 1. The third-order valence-corrected chi connectivity index (χ3v) is 4.47. The largest absolute Gasteiger partial charge is 0.496 e. The van der Waals surface area contributed by atoms with Gasteiger partial charge >= 0.3 is 0 Å². The number of ether oxygens (including phenoxy) is 1. The Kier molecular flexibility index (Phi) is 7.37. The van der Waals surface area contributed by atoms with Gasteiger partial charge in [0.25, 0.3) is 0 Å². The number of guanidine groups is 1. The van der Waals surface area contributed by atoms with Crippen molar-refractivity contribution in [2.45, 2.75) is 39.3 Å². The molecule has 1 aliphatic rings. The lowest BCUT2D eigenvalue weighted by Gasteiger charge is -2.27. The summed E-state index contributed by atoms with van der Waals surface area (Å²) >= 11 is 0. The lowest BCUT2D eigenvalue weighted by molar-refractivity contribution is 0.226. The van der Waals surface area contributed by atoms with Crippen molar-refractivity contribution in [2.24, 2.45) is 10.9 Å². The topological polar surface area (TPSA) is 48.9 Å². The van der Waals surface area contributed by atoms with Gasteiger partial charge < -0.3 is 15.4 Å². The van der Waals surface area contributed by atoms with Crippen molar-refractivity contribution in [1.29, 1.82) is 0 Å². The van der Waals surface area contributed by atoms with Gasteiger partial charge in [-0.05, 0) is 31.4 Å². The summed E-state index contributed by atoms with van der Waals surface area (Å²) in [6, 6.07) is 8.67. The average Bonchev–Trinajstić information content (AvgIpc) is 3.01. The predicted molar refractivity (Wildman–Crippen MR) is 101 cm³/mol. The van der Waals surface area contributed by atoms with E-state index in [-0.39, 0.29) is 0 Å². The molecule has 0 saturated carbocycles. The smallest absolute Gasteiger partial charge is 0.191 e. The first-order valence-electron chi connectivity index (χ1n) is 8.94. The zero-order chi connectivity index (χ0) is 17.4. The molecule has 24 heavy (non-hydrogen) atoms. The summed E-state index contributed by atoms with van der Waals surface area (Å²) in [6.07, 6.45) is 2.57. The lowest BCUT2D eigenvalue weighted by atomic mass is 10.1. The van der Waals surface area contributed by atoms with Crippen LogP contribution in [0.3, 0.4) is 0 Å². The number of hydrogen-bond donors (Lipinski definition) is 2. The third kappa shape index (κ3) is 5.41. The van der Waals surface area contributed by atoms with Crippen molar-refractivity contribution >= 4 is 5.96 Å². The van der Waals surface area contributed by atoms with E-state index in [1.54, 1.807) is 7.11 Å². The van der Waals surface area contributed by atoms with Crippen LogP contribution in [-0.2, 0) is 6.54 Å². The number of likely N-dealkylation sites (tertiary alicyclic amines) is 1. The van der Waals surface area contributed by atoms with Gasteiger partial charge in [0, 0.05) is 38.3 Å². The van der Waals surface area contributed by atoms with Gasteiger partial charge in [0.15, 0.2) is 5.96 Å². The van der Waals surface area contributed by atoms with Crippen LogP contribution in [0, 0.1) is 5.92 Å². The maximum absolute atomic E-state index is 5.40. The van der Waals surface area contributed by atoms with Gasteiger partial charge in [-0.15, -0.1) is 0 Å². The zero-order valence-corrected chi connectivity index (χ0v) is 15.5. The van der Waals surface area contributed by atoms with E-state index < -0.39 is 0 Å². The van der Waals surface area contributed by atoms with Crippen LogP contribution in [0.25, 0.3) is 0 Å². The Balaban J connectivity index is 1.82. The molecule has 5 nitrogen and oxygen atoms in total. The molecule has 1 aromatic rings. The van der Waals surface area contributed by atoms with Crippen LogP contribution in [0.1, 0.15) is 32.3 Å². The number of methoxy groups -OCH3 is 1. The summed E-state index contributed by atoms with van der Waals surface area (Å²) in [5.74, 6) is 2.46. The molecule has 0 spiro atoms. The van der Waals surface area contributed by atoms with E-state index >= 15 is 0 Å². The van der Waals surface area contributed by atoms with Gasteiger partial charge in [-0.2, -0.15) is 0 Å². The molecule has 1 heterocycles. The normalized spacial score (nSPS) is 18.9. The maximum Gasteiger partial charge on any atom is 0.191 e. The van der Waals surface area contributed by atoms with Crippen LogP contribution in [0.15, 0.2) is 29.3 Å². The van der Waals surface area contributed by atoms with E-state index in [9.17, 15) is 0 Å². The highest BCUT2D eigenvalue weighted by Crippen LogP contribution is 2.18. The molecule has 2 rings (SSSR count). The van der Waals surface area contributed by atoms with E-state index in [0.717, 1.165) is 23.8 Å². The average molecular weight is 332 g/mol. The first kappa shape index (κ1) is 18.6. The quantitative estimate of drug-likeness (QED) is 0.595. The van der Waals surface area contributed by atoms with Crippen LogP contribution in [0.4, 0.5) is 0 Å². The summed E-state index contributed by atoms with van der Waals surface area (Å²) in [6.45, 7) is 8.62. The van der Waals surface area contributed by atoms with Crippen molar-refractivity contribution in [3.8, 4) is 5.75 Å². The van der Waals surface area contributed by atoms with Crippen molar-refractivity contribution in [3.05, 3.63) is 29.8 Å². The Morgan fingerprint density at radius 1 is 1.33 bits per heavy atom. The monoisotopic (exact) mass is 332 g/mol. The van der Waals surface area contributed by atoms with E-state index in [4.69, 9.17) is 4.74 Å². The fourth-order valence-corrected chi connectivity index (χ4v) is 3.30. The van der Waals surface area contributed by atoms with Gasteiger partial charge in [-0.1, -0.05) is 32.0 Å². The van der Waals surface area contributed by atoms with Gasteiger partial charge in [0.05, 0.1) is 7.11 Å². The third-order valence-electron chi connectivity index (χ3n) is 4.47. The molecule has 0 radical (unpaired) electrons. The molecule has 0 bridgehead atoms. The lowest BCUT2D eigenvalue weighted by Crippen LogP contribution is -2.45. The van der Waals surface area contributed by atoms with Crippen LogP contribution in [-0.4, -0.2) is 50.7 Å². The summed E-state index contributed by atoms with van der Waals surface area (Å²) in [4.78, 5) is 6.94. The predicted octanol–water partition coefficient (Wildman–Crippen LogP) is 2.48. The molecule has 0 unspecified atom stereocenters. The van der Waals surface area contributed by atoms with Gasteiger partial charge in [-0.3, -0.25) is 9.89 Å². The SMILES string of the molecule is CN=C(NCc1ccccc1OC)NC[C@H]1CCCN1CC(C)C. The van der Waals surface area contributed by atoms with Crippen molar-refractivity contribution < 1.29 is 4.74 Å². The number of nitrogens with one attached hydrogen (secondary N) is 2. The Hall–Kier alpha value is -1.75. The number of hydrogen-bond acceptors (Lipinski definition) is 3. The summed E-state index contributed by atoms with van der Waals surface area (Å²) < 4.78 is 5.40. The fraction of sp³-hybridized carbons (Fsp3) is 0.632. The summed E-state index contributed by atoms with van der Waals surface area (Å²) in [7, 11) is 3.52. The zero-order valence-electron chi connectivity index (χ0n) is 15.5. The van der Waals surface area contributed by atoms with Crippen LogP contribution in [0.5, 0.6) is 5.75 Å². The van der Waals surface area contributed by atoms with Crippen LogP contribution < -0.4 is 15.4 Å². The minimum absolute atomic E-state index is 0.609. The van der Waals surface area contributed by atoms with Gasteiger partial charge in [-0.25, -0.2) is 0 Å². The second-order valence-corrected chi connectivity index (χ2v) is 6.80. The van der Waals surface area contributed by atoms with Crippen LogP contribution in [0.2, 0.25) is 0 Å². The standard InChI is InChI=1S/C19H32N4O/c1-15(2)14-23-11-7-9-17(23)13-22-19(20-3)21-12-16-8-5-6-10-18(16)24-4/h5-6,8,10,15,17H,7,9,11-14H2,1-4H3,(H2,20,21,22)/t17-/m1/s1. The minimum atomic E-state index is 0.609. The van der Waals surface area contributed by atoms with Gasteiger partial charge in [0.2, 0.25) is 0 Å². The second-order valence-electron chi connectivity index (χ2n) is 6.80. The second kappa shape index (κ2) is 9.52. The highest BCUT2D eigenvalue weighted by Gasteiger charge is 2.24.